The molecule has 1 aliphatic rings. The lowest BCUT2D eigenvalue weighted by molar-refractivity contribution is 1.67. The van der Waals surface area contributed by atoms with E-state index in [-0.39, 0.29) is 9.52 Å². The highest BCUT2D eigenvalue weighted by Gasteiger charge is 2.08. The molecule has 0 atom stereocenters. The first kappa shape index (κ1) is 6.40. The van der Waals surface area contributed by atoms with Gasteiger partial charge in [-0.3, -0.25) is 0 Å². The summed E-state index contributed by atoms with van der Waals surface area (Å²) in [7, 11) is -0.281. The van der Waals surface area contributed by atoms with E-state index in [1.807, 2.05) is 6.08 Å². The fourth-order valence-electron chi connectivity index (χ4n) is 0.675. The maximum Gasteiger partial charge on any atom is 0.0985 e. The van der Waals surface area contributed by atoms with Crippen LogP contribution in [-0.4, -0.2) is 9.52 Å². The van der Waals surface area contributed by atoms with Crippen LogP contribution in [0.4, 0.5) is 0 Å². The molecule has 44 valence electrons. The van der Waals surface area contributed by atoms with Gasteiger partial charge in [-0.05, 0) is 13.0 Å². The molecule has 0 saturated carbocycles. The summed E-state index contributed by atoms with van der Waals surface area (Å²) in [6.45, 7) is 2.07. The third-order valence-corrected chi connectivity index (χ3v) is 3.78. The van der Waals surface area contributed by atoms with Crippen LogP contribution in [0, 0.1) is 0 Å². The molecule has 3 heteroatoms. The van der Waals surface area contributed by atoms with Crippen LogP contribution in [-0.2, 0) is 0 Å². The second-order valence-electron chi connectivity index (χ2n) is 1.92. The molecular weight excluding hydrogens is 159 g/mol. The van der Waals surface area contributed by atoms with Crippen molar-refractivity contribution < 1.29 is 0 Å². The zero-order valence-electron chi connectivity index (χ0n) is 4.54. The van der Waals surface area contributed by atoms with Crippen molar-refractivity contribution in [1.29, 1.82) is 0 Å². The highest BCUT2D eigenvalue weighted by atomic mass is 35.5. The molecule has 0 unspecified atom stereocenters. The number of allylic oxidation sites excluding steroid dienone is 3. The van der Waals surface area contributed by atoms with E-state index < -0.39 is 0 Å². The van der Waals surface area contributed by atoms with Gasteiger partial charge in [0.2, 0.25) is 0 Å². The standard InChI is InChI=1S/C5H6Cl2Si/c1-3-2-4(6)5(7)8-3/h2H,8H2,1H3. The van der Waals surface area contributed by atoms with Crippen molar-refractivity contribution in [2.75, 3.05) is 0 Å². The highest BCUT2D eigenvalue weighted by Crippen LogP contribution is 2.23. The fraction of sp³-hybridized carbons (Fsp3) is 0.200. The molecule has 1 rings (SSSR count). The van der Waals surface area contributed by atoms with E-state index in [2.05, 4.69) is 6.92 Å². The summed E-state index contributed by atoms with van der Waals surface area (Å²) in [5, 5.41) is 2.14. The Labute approximate surface area is 61.0 Å². The minimum absolute atomic E-state index is 0.281. The van der Waals surface area contributed by atoms with Crippen LogP contribution in [0.25, 0.3) is 0 Å². The molecule has 8 heavy (non-hydrogen) atoms. The van der Waals surface area contributed by atoms with Gasteiger partial charge in [0.05, 0.1) is 14.6 Å². The molecule has 0 spiro atoms. The molecule has 0 N–H and O–H groups in total. The Bertz CT molecular complexity index is 169. The quantitative estimate of drug-likeness (QED) is 0.479. The van der Waals surface area contributed by atoms with E-state index in [9.17, 15) is 0 Å². The first-order chi connectivity index (χ1) is 3.70. The lowest BCUT2D eigenvalue weighted by Gasteiger charge is -1.84. The van der Waals surface area contributed by atoms with E-state index in [0.29, 0.717) is 0 Å². The van der Waals surface area contributed by atoms with Gasteiger partial charge in [0.15, 0.2) is 0 Å². The molecule has 0 aromatic rings. The van der Waals surface area contributed by atoms with Gasteiger partial charge in [0.25, 0.3) is 0 Å². The van der Waals surface area contributed by atoms with Crippen LogP contribution in [0.1, 0.15) is 6.92 Å². The van der Waals surface area contributed by atoms with E-state index in [0.717, 1.165) is 9.69 Å². The molecule has 0 bridgehead atoms. The molecule has 1 heterocycles. The molecule has 0 nitrogen and oxygen atoms in total. The van der Waals surface area contributed by atoms with Crippen molar-refractivity contribution >= 4 is 32.7 Å². The van der Waals surface area contributed by atoms with Gasteiger partial charge in [-0.15, -0.1) is 0 Å². The molecule has 0 radical (unpaired) electrons. The average molecular weight is 165 g/mol. The van der Waals surface area contributed by atoms with Gasteiger partial charge >= 0.3 is 0 Å². The molecular formula is C5H6Cl2Si. The predicted octanol–water partition coefficient (Wildman–Crippen LogP) is 1.72. The third-order valence-electron chi connectivity index (χ3n) is 1.07. The molecule has 0 aromatic heterocycles. The first-order valence-corrected chi connectivity index (χ1v) is 4.58. The van der Waals surface area contributed by atoms with Crippen LogP contribution in [0.2, 0.25) is 0 Å². The van der Waals surface area contributed by atoms with Gasteiger partial charge in [-0.1, -0.05) is 28.4 Å². The SMILES string of the molecule is CC1=CC(Cl)=C(Cl)[SiH2]1. The largest absolute Gasteiger partial charge is 0.0985 e. The lowest BCUT2D eigenvalue weighted by atomic mass is 10.5. The zero-order chi connectivity index (χ0) is 6.15. The Morgan fingerprint density at radius 3 is 2.25 bits per heavy atom. The molecule has 1 aliphatic heterocycles. The summed E-state index contributed by atoms with van der Waals surface area (Å²) < 4.78 is 0.907. The van der Waals surface area contributed by atoms with Crippen LogP contribution < -0.4 is 0 Å². The Morgan fingerprint density at radius 2 is 2.12 bits per heavy atom. The summed E-state index contributed by atoms with van der Waals surface area (Å²) in [6.07, 6.45) is 1.95. The minimum Gasteiger partial charge on any atom is -0.0930 e. The number of hydrogen-bond acceptors (Lipinski definition) is 0. The second kappa shape index (κ2) is 2.25. The smallest absolute Gasteiger partial charge is 0.0930 e. The van der Waals surface area contributed by atoms with Gasteiger partial charge in [-0.25, -0.2) is 0 Å². The van der Waals surface area contributed by atoms with Crippen molar-refractivity contribution in [2.45, 2.75) is 6.92 Å². The van der Waals surface area contributed by atoms with E-state index in [1.54, 1.807) is 0 Å². The second-order valence-corrected chi connectivity index (χ2v) is 5.41. The molecule has 0 fully saturated rings. The highest BCUT2D eigenvalue weighted by molar-refractivity contribution is 6.72. The normalized spacial score (nSPS) is 22.6. The molecule has 0 aromatic carbocycles. The van der Waals surface area contributed by atoms with Crippen molar-refractivity contribution in [3.05, 3.63) is 21.0 Å². The number of hydrogen-bond donors (Lipinski definition) is 0. The zero-order valence-corrected chi connectivity index (χ0v) is 7.47. The van der Waals surface area contributed by atoms with E-state index in [4.69, 9.17) is 23.2 Å². The van der Waals surface area contributed by atoms with Crippen molar-refractivity contribution in [2.24, 2.45) is 0 Å². The topological polar surface area (TPSA) is 0 Å². The maximum absolute atomic E-state index is 5.71. The fourth-order valence-corrected chi connectivity index (χ4v) is 2.94. The first-order valence-electron chi connectivity index (χ1n) is 2.41. The molecule has 0 saturated heterocycles. The summed E-state index contributed by atoms with van der Waals surface area (Å²) in [5.41, 5.74) is 0. The average Bonchev–Trinajstić information content (AvgIpc) is 1.85. The van der Waals surface area contributed by atoms with Gasteiger partial charge in [0, 0.05) is 4.66 Å². The monoisotopic (exact) mass is 164 g/mol. The molecule has 0 amide bonds. The van der Waals surface area contributed by atoms with Gasteiger partial charge < -0.3 is 0 Å². The lowest BCUT2D eigenvalue weighted by Crippen LogP contribution is -1.84. The Morgan fingerprint density at radius 1 is 1.50 bits per heavy atom. The summed E-state index contributed by atoms with van der Waals surface area (Å²) in [5.74, 6) is 0. The van der Waals surface area contributed by atoms with Gasteiger partial charge in [0.1, 0.15) is 0 Å². The van der Waals surface area contributed by atoms with Crippen molar-refractivity contribution in [3.8, 4) is 0 Å². The summed E-state index contributed by atoms with van der Waals surface area (Å²) in [6, 6.07) is 0. The van der Waals surface area contributed by atoms with Gasteiger partial charge in [-0.2, -0.15) is 0 Å². The maximum atomic E-state index is 5.71. The Balaban J connectivity index is 2.79. The number of halogens is 2. The van der Waals surface area contributed by atoms with Crippen LogP contribution >= 0.6 is 23.2 Å². The number of rotatable bonds is 0. The Kier molecular flexibility index (Phi) is 1.80. The van der Waals surface area contributed by atoms with Crippen LogP contribution in [0.3, 0.4) is 0 Å². The van der Waals surface area contributed by atoms with Crippen molar-refractivity contribution in [1.82, 2.24) is 0 Å². The molecule has 0 aliphatic carbocycles. The minimum atomic E-state index is -0.281. The van der Waals surface area contributed by atoms with E-state index in [1.165, 1.54) is 5.20 Å². The summed E-state index contributed by atoms with van der Waals surface area (Å²) >= 11 is 11.4. The predicted molar refractivity (Wildman–Crippen MR) is 41.0 cm³/mol. The Hall–Kier alpha value is 0.277. The van der Waals surface area contributed by atoms with Crippen molar-refractivity contribution in [3.63, 3.8) is 0 Å². The van der Waals surface area contributed by atoms with Crippen LogP contribution in [0.15, 0.2) is 21.0 Å². The third kappa shape index (κ3) is 1.16. The van der Waals surface area contributed by atoms with Crippen LogP contribution in [0.5, 0.6) is 0 Å². The summed E-state index contributed by atoms with van der Waals surface area (Å²) in [4.78, 5) is 0. The van der Waals surface area contributed by atoms with E-state index >= 15 is 0 Å².